The minimum atomic E-state index is -0.614. The molecular formula is C26H19FN4O2. The maximum Gasteiger partial charge on any atom is 0.244 e. The summed E-state index contributed by atoms with van der Waals surface area (Å²) in [6.07, 6.45) is 0. The molecule has 1 aromatic heterocycles. The van der Waals surface area contributed by atoms with Gasteiger partial charge in [0.2, 0.25) is 11.8 Å². The fourth-order valence-corrected chi connectivity index (χ4v) is 3.94. The van der Waals surface area contributed by atoms with E-state index in [0.29, 0.717) is 23.4 Å². The van der Waals surface area contributed by atoms with Crippen LogP contribution in [0, 0.1) is 17.1 Å². The summed E-state index contributed by atoms with van der Waals surface area (Å²) in [5, 5.41) is 17.0. The zero-order valence-electron chi connectivity index (χ0n) is 17.5. The third-order valence-corrected chi connectivity index (χ3v) is 5.51. The predicted octanol–water partition coefficient (Wildman–Crippen LogP) is 5.01. The van der Waals surface area contributed by atoms with Crippen LogP contribution in [0.2, 0.25) is 0 Å². The molecule has 1 aliphatic heterocycles. The molecule has 3 aromatic carbocycles. The van der Waals surface area contributed by atoms with E-state index in [1.807, 2.05) is 54.6 Å². The van der Waals surface area contributed by atoms with Gasteiger partial charge in [0.15, 0.2) is 0 Å². The van der Waals surface area contributed by atoms with E-state index in [4.69, 9.17) is 15.2 Å². The van der Waals surface area contributed by atoms with Gasteiger partial charge in [0.1, 0.15) is 29.8 Å². The molecule has 0 saturated heterocycles. The maximum absolute atomic E-state index is 14.0. The quantitative estimate of drug-likeness (QED) is 0.456. The molecule has 0 bridgehead atoms. The molecule has 33 heavy (non-hydrogen) atoms. The molecule has 0 spiro atoms. The number of nitrogens with one attached hydrogen (secondary N) is 1. The summed E-state index contributed by atoms with van der Waals surface area (Å²) < 4.78 is 25.5. The molecule has 0 amide bonds. The van der Waals surface area contributed by atoms with Crippen molar-refractivity contribution in [1.29, 1.82) is 5.26 Å². The minimum Gasteiger partial charge on any atom is -0.489 e. The van der Waals surface area contributed by atoms with Crippen molar-refractivity contribution >= 4 is 0 Å². The topological polar surface area (TPSA) is 97.0 Å². The van der Waals surface area contributed by atoms with Gasteiger partial charge in [-0.3, -0.25) is 5.10 Å². The van der Waals surface area contributed by atoms with Gasteiger partial charge in [0, 0.05) is 5.56 Å². The van der Waals surface area contributed by atoms with Gasteiger partial charge in [0.25, 0.3) is 0 Å². The number of H-pyrrole nitrogens is 1. The number of benzene rings is 3. The molecule has 1 aliphatic rings. The lowest BCUT2D eigenvalue weighted by Gasteiger charge is -2.24. The second kappa shape index (κ2) is 8.52. The van der Waals surface area contributed by atoms with E-state index in [0.717, 1.165) is 16.9 Å². The second-order valence-corrected chi connectivity index (χ2v) is 7.60. The summed E-state index contributed by atoms with van der Waals surface area (Å²) >= 11 is 0. The lowest BCUT2D eigenvalue weighted by atomic mass is 9.83. The molecule has 1 unspecified atom stereocenters. The average Bonchev–Trinajstić information content (AvgIpc) is 3.26. The third-order valence-electron chi connectivity index (χ3n) is 5.51. The van der Waals surface area contributed by atoms with Crippen LogP contribution in [0.5, 0.6) is 11.6 Å². The van der Waals surface area contributed by atoms with Gasteiger partial charge in [-0.15, -0.1) is 5.10 Å². The first kappa shape index (κ1) is 20.3. The van der Waals surface area contributed by atoms with Gasteiger partial charge < -0.3 is 15.2 Å². The van der Waals surface area contributed by atoms with Crippen LogP contribution in [0.1, 0.15) is 22.6 Å². The number of hydrogen-bond donors (Lipinski definition) is 2. The van der Waals surface area contributed by atoms with Crippen LogP contribution in [0.4, 0.5) is 4.39 Å². The van der Waals surface area contributed by atoms with Gasteiger partial charge >= 0.3 is 0 Å². The molecule has 4 aromatic rings. The Morgan fingerprint density at radius 2 is 1.85 bits per heavy atom. The summed E-state index contributed by atoms with van der Waals surface area (Å²) in [5.74, 6) is -0.0727. The molecule has 1 atom stereocenters. The van der Waals surface area contributed by atoms with Gasteiger partial charge in [0.05, 0.1) is 17.2 Å². The number of hydrogen-bond acceptors (Lipinski definition) is 5. The van der Waals surface area contributed by atoms with Gasteiger partial charge in [-0.25, -0.2) is 4.39 Å². The number of ether oxygens (including phenoxy) is 2. The number of aromatic amines is 1. The average molecular weight is 438 g/mol. The van der Waals surface area contributed by atoms with Crippen molar-refractivity contribution in [1.82, 2.24) is 10.2 Å². The van der Waals surface area contributed by atoms with Crippen molar-refractivity contribution in [3.63, 3.8) is 0 Å². The lowest BCUT2D eigenvalue weighted by Crippen LogP contribution is -2.21. The molecule has 0 saturated carbocycles. The van der Waals surface area contributed by atoms with Crippen molar-refractivity contribution < 1.29 is 13.9 Å². The van der Waals surface area contributed by atoms with Crippen molar-refractivity contribution in [2.45, 2.75) is 12.5 Å². The Hall–Kier alpha value is -4.57. The number of aromatic nitrogens is 2. The Labute approximate surface area is 189 Å². The van der Waals surface area contributed by atoms with Crippen molar-refractivity contribution in [2.24, 2.45) is 5.73 Å². The largest absolute Gasteiger partial charge is 0.489 e. The molecule has 0 radical (unpaired) electrons. The van der Waals surface area contributed by atoms with E-state index in [2.05, 4.69) is 16.3 Å². The van der Waals surface area contributed by atoms with E-state index in [1.54, 1.807) is 12.1 Å². The summed E-state index contributed by atoms with van der Waals surface area (Å²) in [5.41, 5.74) is 9.97. The lowest BCUT2D eigenvalue weighted by molar-refractivity contribution is 0.306. The van der Waals surface area contributed by atoms with E-state index in [1.165, 1.54) is 12.1 Å². The SMILES string of the molecule is N#CC1=C(N)Oc2n[nH]c(-c3ccc(OCc4ccccc4)cc3)c2C1c1cccc(F)c1. The van der Waals surface area contributed by atoms with Gasteiger partial charge in [-0.2, -0.15) is 5.26 Å². The first-order valence-electron chi connectivity index (χ1n) is 10.3. The van der Waals surface area contributed by atoms with Crippen molar-refractivity contribution in [2.75, 3.05) is 0 Å². The van der Waals surface area contributed by atoms with E-state index < -0.39 is 11.7 Å². The Morgan fingerprint density at radius 3 is 2.58 bits per heavy atom. The Balaban J connectivity index is 1.49. The van der Waals surface area contributed by atoms with Crippen LogP contribution in [-0.2, 0) is 6.61 Å². The Bertz CT molecular complexity index is 1370. The fourth-order valence-electron chi connectivity index (χ4n) is 3.94. The molecular weight excluding hydrogens is 419 g/mol. The molecule has 0 fully saturated rings. The Morgan fingerprint density at radius 1 is 1.06 bits per heavy atom. The van der Waals surface area contributed by atoms with Gasteiger partial charge in [-0.05, 0) is 47.5 Å². The minimum absolute atomic E-state index is 0.0398. The molecule has 3 N–H and O–H groups in total. The van der Waals surface area contributed by atoms with Crippen LogP contribution >= 0.6 is 0 Å². The number of nitrogens with zero attached hydrogens (tertiary/aromatic N) is 2. The number of rotatable bonds is 5. The number of fused-ring (bicyclic) bond motifs is 1. The highest BCUT2D eigenvalue weighted by Gasteiger charge is 2.35. The monoisotopic (exact) mass is 438 g/mol. The van der Waals surface area contributed by atoms with Crippen LogP contribution in [0.15, 0.2) is 90.3 Å². The van der Waals surface area contributed by atoms with E-state index in [9.17, 15) is 9.65 Å². The molecule has 6 nitrogen and oxygen atoms in total. The van der Waals surface area contributed by atoms with Crippen LogP contribution in [0.25, 0.3) is 11.3 Å². The maximum atomic E-state index is 14.0. The summed E-state index contributed by atoms with van der Waals surface area (Å²) in [4.78, 5) is 0. The smallest absolute Gasteiger partial charge is 0.244 e. The predicted molar refractivity (Wildman–Crippen MR) is 120 cm³/mol. The fraction of sp³-hybridized carbons (Fsp3) is 0.0769. The standard InChI is InChI=1S/C26H19FN4O2/c27-19-8-4-7-18(13-19)22-21(14-28)25(29)33-26-23(22)24(30-31-26)17-9-11-20(12-10-17)32-15-16-5-2-1-3-6-16/h1-13,22H,15,29H2,(H,30,31). The zero-order chi connectivity index (χ0) is 22.8. The molecule has 162 valence electrons. The van der Waals surface area contributed by atoms with E-state index in [-0.39, 0.29) is 17.3 Å². The molecule has 5 rings (SSSR count). The zero-order valence-corrected chi connectivity index (χ0v) is 17.5. The highest BCUT2D eigenvalue weighted by Crippen LogP contribution is 2.45. The molecule has 0 aliphatic carbocycles. The number of nitriles is 1. The summed E-state index contributed by atoms with van der Waals surface area (Å²) in [6, 6.07) is 25.6. The first-order chi connectivity index (χ1) is 16.1. The third kappa shape index (κ3) is 3.90. The highest BCUT2D eigenvalue weighted by molar-refractivity contribution is 5.71. The Kier molecular flexibility index (Phi) is 5.25. The summed E-state index contributed by atoms with van der Waals surface area (Å²) in [7, 11) is 0. The van der Waals surface area contributed by atoms with Crippen molar-refractivity contribution in [3.8, 4) is 29.0 Å². The molecule has 7 heteroatoms. The number of nitrogens with two attached hydrogens (primary N) is 1. The van der Waals surface area contributed by atoms with Gasteiger partial charge in [-0.1, -0.05) is 42.5 Å². The van der Waals surface area contributed by atoms with Crippen LogP contribution in [-0.4, -0.2) is 10.2 Å². The molecule has 2 heterocycles. The van der Waals surface area contributed by atoms with Crippen molar-refractivity contribution in [3.05, 3.63) is 113 Å². The number of halogens is 1. The normalized spacial score (nSPS) is 14.8. The highest BCUT2D eigenvalue weighted by atomic mass is 19.1. The second-order valence-electron chi connectivity index (χ2n) is 7.60. The number of allylic oxidation sites excluding steroid dienone is 1. The van der Waals surface area contributed by atoms with Crippen LogP contribution < -0.4 is 15.2 Å². The van der Waals surface area contributed by atoms with Crippen LogP contribution in [0.3, 0.4) is 0 Å². The van der Waals surface area contributed by atoms with E-state index >= 15 is 0 Å². The summed E-state index contributed by atoms with van der Waals surface area (Å²) in [6.45, 7) is 0.463. The first-order valence-corrected chi connectivity index (χ1v) is 10.3.